The number of hydrogen-bond donors (Lipinski definition) is 2. The molecule has 1 aliphatic carbocycles. The van der Waals surface area contributed by atoms with Crippen molar-refractivity contribution in [3.63, 3.8) is 0 Å². The maximum absolute atomic E-state index is 12.9. The van der Waals surface area contributed by atoms with Gasteiger partial charge >= 0.3 is 5.97 Å². The van der Waals surface area contributed by atoms with Crippen LogP contribution in [0.2, 0.25) is 0 Å². The summed E-state index contributed by atoms with van der Waals surface area (Å²) < 4.78 is 25.5. The van der Waals surface area contributed by atoms with Crippen molar-refractivity contribution in [2.24, 2.45) is 11.7 Å². The lowest BCUT2D eigenvalue weighted by Crippen LogP contribution is -2.50. The minimum absolute atomic E-state index is 0.0742. The van der Waals surface area contributed by atoms with E-state index in [1.54, 1.807) is 38.2 Å². The van der Waals surface area contributed by atoms with Crippen LogP contribution in [-0.2, 0) is 10.0 Å². The fraction of sp³-hybridized carbons (Fsp3) is 0.357. The van der Waals surface area contributed by atoms with Gasteiger partial charge in [0.2, 0.25) is 10.0 Å². The minimum atomic E-state index is -3.83. The Morgan fingerprint density at radius 1 is 1.48 bits per heavy atom. The Labute approximate surface area is 123 Å². The van der Waals surface area contributed by atoms with Crippen LogP contribution in [0.4, 0.5) is 0 Å². The standard InChI is InChI=1S/C14H18N2O4S/c1-10(15)12-5-3-4-7-14(12,2)21(19,20)16-8-6-11(9-16)13(17)18/h3-10,12H,15H2,1-2H3,(H,17,18)/t10?,12?,14-/m1/s1. The highest BCUT2D eigenvalue weighted by atomic mass is 32.2. The van der Waals surface area contributed by atoms with E-state index in [-0.39, 0.29) is 11.6 Å². The molecule has 1 aliphatic rings. The van der Waals surface area contributed by atoms with Gasteiger partial charge in [-0.3, -0.25) is 3.97 Å². The highest BCUT2D eigenvalue weighted by Crippen LogP contribution is 2.35. The molecular formula is C14H18N2O4S. The largest absolute Gasteiger partial charge is 0.478 e. The van der Waals surface area contributed by atoms with Gasteiger partial charge in [-0.05, 0) is 19.9 Å². The summed E-state index contributed by atoms with van der Waals surface area (Å²) in [5, 5.41) is 8.93. The SMILES string of the molecule is CC(N)C1C=CC=C[C@@]1(C)S(=O)(=O)n1ccc(C(=O)O)c1. The maximum Gasteiger partial charge on any atom is 0.337 e. The van der Waals surface area contributed by atoms with Gasteiger partial charge in [-0.25, -0.2) is 13.2 Å². The Balaban J connectivity index is 2.53. The Morgan fingerprint density at radius 2 is 2.14 bits per heavy atom. The molecular weight excluding hydrogens is 292 g/mol. The van der Waals surface area contributed by atoms with Gasteiger partial charge in [0.25, 0.3) is 0 Å². The first kappa shape index (κ1) is 15.5. The normalized spacial score (nSPS) is 26.7. The van der Waals surface area contributed by atoms with Crippen LogP contribution < -0.4 is 5.73 Å². The van der Waals surface area contributed by atoms with E-state index in [0.29, 0.717) is 0 Å². The van der Waals surface area contributed by atoms with E-state index < -0.39 is 26.7 Å². The van der Waals surface area contributed by atoms with Crippen LogP contribution in [-0.4, -0.2) is 34.3 Å². The summed E-state index contributed by atoms with van der Waals surface area (Å²) in [7, 11) is -3.83. The smallest absolute Gasteiger partial charge is 0.337 e. The van der Waals surface area contributed by atoms with Crippen molar-refractivity contribution in [1.82, 2.24) is 3.97 Å². The van der Waals surface area contributed by atoms with Crippen molar-refractivity contribution in [1.29, 1.82) is 0 Å². The van der Waals surface area contributed by atoms with Gasteiger partial charge in [0, 0.05) is 24.4 Å². The third-order valence-corrected chi connectivity index (χ3v) is 6.13. The molecule has 3 N–H and O–H groups in total. The fourth-order valence-corrected chi connectivity index (χ4v) is 4.38. The predicted octanol–water partition coefficient (Wildman–Crippen LogP) is 1.21. The molecule has 3 atom stereocenters. The highest BCUT2D eigenvalue weighted by Gasteiger charge is 2.46. The number of allylic oxidation sites excluding steroid dienone is 2. The van der Waals surface area contributed by atoms with Crippen LogP contribution in [0.25, 0.3) is 0 Å². The second kappa shape index (κ2) is 5.16. The molecule has 0 radical (unpaired) electrons. The average molecular weight is 310 g/mol. The maximum atomic E-state index is 12.9. The molecule has 1 aromatic rings. The van der Waals surface area contributed by atoms with Crippen molar-refractivity contribution < 1.29 is 18.3 Å². The molecule has 1 heterocycles. The predicted molar refractivity (Wildman–Crippen MR) is 79.5 cm³/mol. The molecule has 0 spiro atoms. The Bertz CT molecular complexity index is 715. The number of carboxylic acid groups (broad SMARTS) is 1. The molecule has 0 fully saturated rings. The number of nitrogens with two attached hydrogens (primary N) is 1. The van der Waals surface area contributed by atoms with E-state index in [1.807, 2.05) is 0 Å². The zero-order valence-electron chi connectivity index (χ0n) is 11.8. The van der Waals surface area contributed by atoms with E-state index in [9.17, 15) is 13.2 Å². The zero-order valence-corrected chi connectivity index (χ0v) is 12.6. The molecule has 1 aromatic heterocycles. The Hall–Kier alpha value is -1.86. The van der Waals surface area contributed by atoms with E-state index in [4.69, 9.17) is 10.8 Å². The Kier molecular flexibility index (Phi) is 3.81. The van der Waals surface area contributed by atoms with Gasteiger partial charge in [0.15, 0.2) is 0 Å². The summed E-state index contributed by atoms with van der Waals surface area (Å²) in [6.45, 7) is 3.34. The molecule has 0 bridgehead atoms. The van der Waals surface area contributed by atoms with Crippen molar-refractivity contribution in [3.8, 4) is 0 Å². The minimum Gasteiger partial charge on any atom is -0.478 e. The number of carbonyl (C=O) groups is 1. The number of hydrogen-bond acceptors (Lipinski definition) is 4. The molecule has 21 heavy (non-hydrogen) atoms. The molecule has 0 saturated carbocycles. The summed E-state index contributed by atoms with van der Waals surface area (Å²) in [5.74, 6) is -1.57. The molecule has 6 nitrogen and oxygen atoms in total. The topological polar surface area (TPSA) is 102 Å². The van der Waals surface area contributed by atoms with Gasteiger partial charge < -0.3 is 10.8 Å². The second-order valence-corrected chi connectivity index (χ2v) is 7.60. The van der Waals surface area contributed by atoms with Crippen molar-refractivity contribution in [3.05, 3.63) is 48.3 Å². The van der Waals surface area contributed by atoms with Gasteiger partial charge in [0.1, 0.15) is 4.75 Å². The lowest BCUT2D eigenvalue weighted by molar-refractivity contribution is 0.0697. The summed E-state index contributed by atoms with van der Waals surface area (Å²) in [4.78, 5) is 10.9. The van der Waals surface area contributed by atoms with E-state index in [0.717, 1.165) is 10.2 Å². The second-order valence-electron chi connectivity index (χ2n) is 5.35. The number of carboxylic acids is 1. The van der Waals surface area contributed by atoms with Gasteiger partial charge in [-0.2, -0.15) is 0 Å². The molecule has 114 valence electrons. The van der Waals surface area contributed by atoms with Crippen LogP contribution in [0.3, 0.4) is 0 Å². The first-order valence-electron chi connectivity index (χ1n) is 6.48. The molecule has 2 unspecified atom stereocenters. The molecule has 0 amide bonds. The summed E-state index contributed by atoms with van der Waals surface area (Å²) in [5.41, 5.74) is 5.84. The molecule has 0 aliphatic heterocycles. The third-order valence-electron chi connectivity index (χ3n) is 3.83. The fourth-order valence-electron chi connectivity index (χ4n) is 2.57. The number of aromatic nitrogens is 1. The van der Waals surface area contributed by atoms with Crippen LogP contribution in [0.1, 0.15) is 24.2 Å². The Morgan fingerprint density at radius 3 is 2.67 bits per heavy atom. The summed E-state index contributed by atoms with van der Waals surface area (Å²) in [6, 6.07) is 0.896. The molecule has 0 saturated heterocycles. The van der Waals surface area contributed by atoms with Gasteiger partial charge in [0.05, 0.1) is 5.56 Å². The highest BCUT2D eigenvalue weighted by molar-refractivity contribution is 7.91. The number of rotatable bonds is 4. The van der Waals surface area contributed by atoms with Crippen molar-refractivity contribution in [2.45, 2.75) is 24.6 Å². The quantitative estimate of drug-likeness (QED) is 0.870. The lowest BCUT2D eigenvalue weighted by atomic mass is 9.84. The van der Waals surface area contributed by atoms with Crippen molar-refractivity contribution >= 4 is 16.0 Å². The summed E-state index contributed by atoms with van der Waals surface area (Å²) >= 11 is 0. The van der Waals surface area contributed by atoms with Crippen LogP contribution in [0, 0.1) is 5.92 Å². The number of aromatic carboxylic acids is 1. The zero-order chi connectivity index (χ0) is 15.8. The van der Waals surface area contributed by atoms with E-state index >= 15 is 0 Å². The molecule has 0 aromatic carbocycles. The average Bonchev–Trinajstić information content (AvgIpc) is 2.89. The van der Waals surface area contributed by atoms with Crippen LogP contribution in [0.15, 0.2) is 42.8 Å². The monoisotopic (exact) mass is 310 g/mol. The third kappa shape index (κ3) is 2.43. The number of nitrogens with zero attached hydrogens (tertiary/aromatic N) is 1. The van der Waals surface area contributed by atoms with Crippen LogP contribution >= 0.6 is 0 Å². The van der Waals surface area contributed by atoms with E-state index in [2.05, 4.69) is 0 Å². The van der Waals surface area contributed by atoms with Gasteiger partial charge in [-0.15, -0.1) is 0 Å². The molecule has 7 heteroatoms. The first-order valence-corrected chi connectivity index (χ1v) is 7.92. The van der Waals surface area contributed by atoms with Crippen molar-refractivity contribution in [2.75, 3.05) is 0 Å². The molecule has 2 rings (SSSR count). The lowest BCUT2D eigenvalue weighted by Gasteiger charge is -2.36. The summed E-state index contributed by atoms with van der Waals surface area (Å²) in [6.07, 6.45) is 9.14. The van der Waals surface area contributed by atoms with Gasteiger partial charge in [-0.1, -0.05) is 24.3 Å². The van der Waals surface area contributed by atoms with Crippen LogP contribution in [0.5, 0.6) is 0 Å². The first-order chi connectivity index (χ1) is 9.70. The van der Waals surface area contributed by atoms with E-state index in [1.165, 1.54) is 12.3 Å².